The van der Waals surface area contributed by atoms with Crippen LogP contribution in [0.15, 0.2) is 24.4 Å². The van der Waals surface area contributed by atoms with E-state index in [-0.39, 0.29) is 29.5 Å². The lowest BCUT2D eigenvalue weighted by atomic mass is 9.71. The zero-order chi connectivity index (χ0) is 25.3. The number of primary amides is 1. The Kier molecular flexibility index (Phi) is 6.74. The lowest BCUT2D eigenvalue weighted by Gasteiger charge is -2.35. The van der Waals surface area contributed by atoms with E-state index in [4.69, 9.17) is 15.5 Å². The zero-order valence-corrected chi connectivity index (χ0v) is 20.3. The van der Waals surface area contributed by atoms with Crippen LogP contribution in [0.3, 0.4) is 0 Å². The van der Waals surface area contributed by atoms with Gasteiger partial charge in [0.15, 0.2) is 5.65 Å². The second-order valence-electron chi connectivity index (χ2n) is 10.1. The highest BCUT2D eigenvalue weighted by molar-refractivity contribution is 5.80. The first-order valence-electron chi connectivity index (χ1n) is 12.4. The number of anilines is 3. The molecule has 9 nitrogen and oxygen atoms in total. The van der Waals surface area contributed by atoms with Crippen molar-refractivity contribution in [3.8, 4) is 0 Å². The second kappa shape index (κ2) is 9.96. The van der Waals surface area contributed by atoms with Gasteiger partial charge in [-0.2, -0.15) is 4.98 Å². The first kappa shape index (κ1) is 24.4. The molecule has 192 valence electrons. The normalized spacial score (nSPS) is 23.0. The molecule has 2 aromatic heterocycles. The number of nitrogens with two attached hydrogens (primary N) is 1. The maximum absolute atomic E-state index is 14.4. The van der Waals surface area contributed by atoms with E-state index in [1.165, 1.54) is 18.2 Å². The first-order chi connectivity index (χ1) is 17.3. The summed E-state index contributed by atoms with van der Waals surface area (Å²) in [5.41, 5.74) is 5.93. The summed E-state index contributed by atoms with van der Waals surface area (Å²) >= 11 is 0. The Morgan fingerprint density at radius 3 is 2.53 bits per heavy atom. The number of ether oxygens (including phenoxy) is 1. The Labute approximate surface area is 207 Å². The molecule has 0 bridgehead atoms. The third-order valence-electron chi connectivity index (χ3n) is 7.49. The molecule has 1 aliphatic carbocycles. The maximum Gasteiger partial charge on any atom is 0.224 e. The van der Waals surface area contributed by atoms with Crippen molar-refractivity contribution in [2.45, 2.75) is 58.0 Å². The van der Waals surface area contributed by atoms with Gasteiger partial charge in [0, 0.05) is 31.2 Å². The van der Waals surface area contributed by atoms with Crippen molar-refractivity contribution in [2.24, 2.45) is 17.1 Å². The monoisotopic (exact) mass is 499 g/mol. The van der Waals surface area contributed by atoms with Gasteiger partial charge in [-0.15, -0.1) is 0 Å². The summed E-state index contributed by atoms with van der Waals surface area (Å²) in [4.78, 5) is 25.6. The molecule has 2 fully saturated rings. The molecule has 4 N–H and O–H groups in total. The van der Waals surface area contributed by atoms with Crippen LogP contribution in [0, 0.1) is 23.0 Å². The molecule has 11 heteroatoms. The van der Waals surface area contributed by atoms with Crippen molar-refractivity contribution in [3.63, 3.8) is 0 Å². The molecule has 1 saturated heterocycles. The topological polar surface area (TPSA) is 120 Å². The van der Waals surface area contributed by atoms with Crippen LogP contribution in [0.25, 0.3) is 11.2 Å². The molecule has 0 spiro atoms. The van der Waals surface area contributed by atoms with Crippen LogP contribution in [-0.2, 0) is 16.1 Å². The largest absolute Gasteiger partial charge is 0.381 e. The molecular weight excluding hydrogens is 468 g/mol. The predicted octanol–water partition coefficient (Wildman–Crippen LogP) is 4.12. The van der Waals surface area contributed by atoms with Gasteiger partial charge >= 0.3 is 0 Å². The average Bonchev–Trinajstić information content (AvgIpc) is 3.20. The minimum Gasteiger partial charge on any atom is -0.381 e. The van der Waals surface area contributed by atoms with Crippen molar-refractivity contribution >= 4 is 34.7 Å². The molecule has 2 aliphatic rings. The molecule has 0 unspecified atom stereocenters. The summed E-state index contributed by atoms with van der Waals surface area (Å²) in [5.74, 6) is -0.711. The summed E-state index contributed by atoms with van der Waals surface area (Å²) in [5, 5.41) is 6.22. The van der Waals surface area contributed by atoms with Crippen LogP contribution in [0.1, 0.15) is 45.4 Å². The first-order valence-corrected chi connectivity index (χ1v) is 12.4. The number of hydrogen-bond donors (Lipinski definition) is 3. The van der Waals surface area contributed by atoms with E-state index in [2.05, 4.69) is 20.6 Å². The van der Waals surface area contributed by atoms with E-state index < -0.39 is 17.0 Å². The highest BCUT2D eigenvalue weighted by Gasteiger charge is 2.36. The number of aromatic nitrogens is 4. The van der Waals surface area contributed by atoms with E-state index in [0.717, 1.165) is 25.7 Å². The van der Waals surface area contributed by atoms with Gasteiger partial charge in [-0.3, -0.25) is 9.36 Å². The molecule has 0 atom stereocenters. The molecule has 36 heavy (non-hydrogen) atoms. The maximum atomic E-state index is 14.4. The Morgan fingerprint density at radius 1 is 1.17 bits per heavy atom. The fourth-order valence-corrected chi connectivity index (χ4v) is 5.01. The summed E-state index contributed by atoms with van der Waals surface area (Å²) in [7, 11) is 0. The standard InChI is InChI=1S/C25H31F2N7O2/c1-25(22(28)35)9-5-15(6-10-25)14-34-21-19(13-29-23(33-21)30-16-7-11-36-12-8-16)31-24(34)32-20-17(26)3-2-4-18(20)27/h2-4,13,15-16H,5-12,14H2,1H3,(H2,28,35)(H,31,32)(H,29,30,33). The molecule has 1 aliphatic heterocycles. The van der Waals surface area contributed by atoms with Gasteiger partial charge in [0.1, 0.15) is 22.8 Å². The van der Waals surface area contributed by atoms with Crippen molar-refractivity contribution in [1.29, 1.82) is 0 Å². The summed E-state index contributed by atoms with van der Waals surface area (Å²) in [6.07, 6.45) is 6.32. The second-order valence-corrected chi connectivity index (χ2v) is 10.1. The van der Waals surface area contributed by atoms with E-state index in [1.807, 2.05) is 11.5 Å². The average molecular weight is 500 g/mol. The smallest absolute Gasteiger partial charge is 0.224 e. The number of amides is 1. The van der Waals surface area contributed by atoms with Crippen LogP contribution < -0.4 is 16.4 Å². The van der Waals surface area contributed by atoms with Crippen LogP contribution in [0.4, 0.5) is 26.4 Å². The number of nitrogens with zero attached hydrogens (tertiary/aromatic N) is 4. The van der Waals surface area contributed by atoms with E-state index in [9.17, 15) is 13.6 Å². The number of hydrogen-bond acceptors (Lipinski definition) is 7. The molecule has 1 aromatic carbocycles. The number of carbonyl (C=O) groups is 1. The van der Waals surface area contributed by atoms with Gasteiger partial charge < -0.3 is 21.1 Å². The Morgan fingerprint density at radius 2 is 1.86 bits per heavy atom. The quantitative estimate of drug-likeness (QED) is 0.447. The van der Waals surface area contributed by atoms with E-state index in [1.54, 1.807) is 6.20 Å². The van der Waals surface area contributed by atoms with Crippen molar-refractivity contribution in [3.05, 3.63) is 36.0 Å². The number of nitrogens with one attached hydrogen (secondary N) is 2. The van der Waals surface area contributed by atoms with Gasteiger partial charge in [-0.05, 0) is 56.6 Å². The van der Waals surface area contributed by atoms with Crippen molar-refractivity contribution in [1.82, 2.24) is 19.5 Å². The Hall–Kier alpha value is -3.34. The molecule has 1 saturated carbocycles. The van der Waals surface area contributed by atoms with Gasteiger partial charge in [0.25, 0.3) is 0 Å². The number of halogens is 2. The van der Waals surface area contributed by atoms with Gasteiger partial charge in [0.2, 0.25) is 17.8 Å². The SMILES string of the molecule is CC1(C(N)=O)CCC(Cn2c(Nc3c(F)cccc3F)nc3cnc(NC4CCOCC4)nc32)CC1. The fourth-order valence-electron chi connectivity index (χ4n) is 5.01. The number of imidazole rings is 1. The highest BCUT2D eigenvalue weighted by atomic mass is 19.1. The molecule has 1 amide bonds. The highest BCUT2D eigenvalue weighted by Crippen LogP contribution is 2.40. The summed E-state index contributed by atoms with van der Waals surface area (Å²) in [6.45, 7) is 3.81. The third kappa shape index (κ3) is 4.97. The molecule has 3 heterocycles. The van der Waals surface area contributed by atoms with Crippen LogP contribution >= 0.6 is 0 Å². The van der Waals surface area contributed by atoms with Crippen LogP contribution in [-0.4, -0.2) is 44.7 Å². The molecule has 0 radical (unpaired) electrons. The van der Waals surface area contributed by atoms with E-state index >= 15 is 0 Å². The number of fused-ring (bicyclic) bond motifs is 1. The number of para-hydroxylation sites is 1. The minimum atomic E-state index is -0.712. The lowest BCUT2D eigenvalue weighted by Crippen LogP contribution is -2.38. The molecule has 3 aromatic rings. The minimum absolute atomic E-state index is 0.211. The van der Waals surface area contributed by atoms with Crippen molar-refractivity contribution < 1.29 is 18.3 Å². The fraction of sp³-hybridized carbons (Fsp3) is 0.520. The summed E-state index contributed by atoms with van der Waals surface area (Å²) in [6, 6.07) is 3.92. The van der Waals surface area contributed by atoms with E-state index in [0.29, 0.717) is 49.7 Å². The van der Waals surface area contributed by atoms with Gasteiger partial charge in [-0.1, -0.05) is 13.0 Å². The summed E-state index contributed by atoms with van der Waals surface area (Å²) < 4.78 is 36.2. The third-order valence-corrected chi connectivity index (χ3v) is 7.49. The predicted molar refractivity (Wildman–Crippen MR) is 132 cm³/mol. The number of benzene rings is 1. The number of rotatable bonds is 7. The molecular formula is C25H31F2N7O2. The van der Waals surface area contributed by atoms with Gasteiger partial charge in [-0.25, -0.2) is 18.7 Å². The number of carbonyl (C=O) groups excluding carboxylic acids is 1. The zero-order valence-electron chi connectivity index (χ0n) is 20.3. The van der Waals surface area contributed by atoms with Crippen LogP contribution in [0.5, 0.6) is 0 Å². The lowest BCUT2D eigenvalue weighted by molar-refractivity contribution is -0.129. The molecule has 5 rings (SSSR count). The Balaban J connectivity index is 1.46. The van der Waals surface area contributed by atoms with Crippen molar-refractivity contribution in [2.75, 3.05) is 23.8 Å². The van der Waals surface area contributed by atoms with Crippen LogP contribution in [0.2, 0.25) is 0 Å². The Bertz CT molecular complexity index is 1230. The van der Waals surface area contributed by atoms with Gasteiger partial charge in [0.05, 0.1) is 6.20 Å².